The lowest BCUT2D eigenvalue weighted by atomic mass is 10.3. The van der Waals surface area contributed by atoms with Crippen molar-refractivity contribution in [3.63, 3.8) is 0 Å². The summed E-state index contributed by atoms with van der Waals surface area (Å²) in [7, 11) is 0.423. The Morgan fingerprint density at radius 1 is 1.16 bits per heavy atom. The molecule has 0 rings (SSSR count). The van der Waals surface area contributed by atoms with Crippen LogP contribution in [0.15, 0.2) is 0 Å². The number of hydrogen-bond donors (Lipinski definition) is 1. The summed E-state index contributed by atoms with van der Waals surface area (Å²) >= 11 is 0. The van der Waals surface area contributed by atoms with Crippen LogP contribution in [-0.4, -0.2) is 70.1 Å². The molecule has 19 heavy (non-hydrogen) atoms. The molecule has 0 aliphatic rings. The van der Waals surface area contributed by atoms with Gasteiger partial charge < -0.3 is 10.2 Å². The molecule has 0 aromatic rings. The second-order valence-electron chi connectivity index (χ2n) is 4.75. The normalized spacial score (nSPS) is 11.8. The van der Waals surface area contributed by atoms with Gasteiger partial charge in [-0.1, -0.05) is 6.92 Å². The third kappa shape index (κ3) is 8.96. The van der Waals surface area contributed by atoms with Gasteiger partial charge in [0, 0.05) is 33.6 Å². The molecular formula is C12H27N3O3S. The molecule has 0 radical (unpaired) electrons. The molecule has 0 aliphatic heterocycles. The highest BCUT2D eigenvalue weighted by Crippen LogP contribution is 1.98. The maximum absolute atomic E-state index is 11.3. The molecule has 1 N–H and O–H groups in total. The van der Waals surface area contributed by atoms with Crippen LogP contribution in [0.2, 0.25) is 0 Å². The van der Waals surface area contributed by atoms with E-state index in [9.17, 15) is 13.2 Å². The molecule has 0 heterocycles. The van der Waals surface area contributed by atoms with Crippen LogP contribution in [0, 0.1) is 0 Å². The third-order valence-electron chi connectivity index (χ3n) is 2.83. The van der Waals surface area contributed by atoms with E-state index in [0.29, 0.717) is 19.5 Å². The molecule has 0 saturated carbocycles. The Morgan fingerprint density at radius 2 is 1.74 bits per heavy atom. The molecule has 114 valence electrons. The number of hydrogen-bond acceptors (Lipinski definition) is 4. The van der Waals surface area contributed by atoms with Crippen molar-refractivity contribution in [2.45, 2.75) is 26.2 Å². The summed E-state index contributed by atoms with van der Waals surface area (Å²) in [6.45, 7) is 4.43. The van der Waals surface area contributed by atoms with Crippen molar-refractivity contribution in [2.24, 2.45) is 0 Å². The van der Waals surface area contributed by atoms with Crippen molar-refractivity contribution in [2.75, 3.05) is 46.5 Å². The Labute approximate surface area is 117 Å². The van der Waals surface area contributed by atoms with Crippen molar-refractivity contribution < 1.29 is 13.2 Å². The first kappa shape index (κ1) is 18.3. The Kier molecular flexibility index (Phi) is 8.95. The maximum atomic E-state index is 11.3. The molecule has 0 aromatic heterocycles. The molecular weight excluding hydrogens is 266 g/mol. The van der Waals surface area contributed by atoms with Crippen molar-refractivity contribution in [3.8, 4) is 0 Å². The molecule has 0 aromatic carbocycles. The van der Waals surface area contributed by atoms with Gasteiger partial charge in [0.05, 0.1) is 6.26 Å². The minimum Gasteiger partial charge on any atom is -0.349 e. The standard InChI is InChI=1S/C12H27N3O3S/c1-5-15(19(4,17)18)11-7-10-13-9-6-8-12(16)14(2)3/h13H,5-11H2,1-4H3. The first-order valence-electron chi connectivity index (χ1n) is 6.65. The van der Waals surface area contributed by atoms with Crippen LogP contribution in [0.5, 0.6) is 0 Å². The van der Waals surface area contributed by atoms with Gasteiger partial charge in [-0.15, -0.1) is 0 Å². The lowest BCUT2D eigenvalue weighted by Crippen LogP contribution is -2.32. The molecule has 0 unspecified atom stereocenters. The van der Waals surface area contributed by atoms with E-state index in [-0.39, 0.29) is 5.91 Å². The van der Waals surface area contributed by atoms with E-state index in [1.165, 1.54) is 10.6 Å². The number of nitrogens with zero attached hydrogens (tertiary/aromatic N) is 2. The van der Waals surface area contributed by atoms with Gasteiger partial charge in [-0.2, -0.15) is 0 Å². The summed E-state index contributed by atoms with van der Waals surface area (Å²) in [4.78, 5) is 12.9. The monoisotopic (exact) mass is 293 g/mol. The van der Waals surface area contributed by atoms with Crippen LogP contribution in [0.1, 0.15) is 26.2 Å². The number of carbonyl (C=O) groups is 1. The predicted octanol–water partition coefficient (Wildman–Crippen LogP) is 0.116. The van der Waals surface area contributed by atoms with Gasteiger partial charge >= 0.3 is 0 Å². The van der Waals surface area contributed by atoms with Gasteiger partial charge in [0.15, 0.2) is 0 Å². The van der Waals surface area contributed by atoms with E-state index in [1.807, 2.05) is 6.92 Å². The highest BCUT2D eigenvalue weighted by atomic mass is 32.2. The first-order chi connectivity index (χ1) is 8.79. The van der Waals surface area contributed by atoms with Gasteiger partial charge in [0.2, 0.25) is 15.9 Å². The van der Waals surface area contributed by atoms with Crippen LogP contribution in [0.4, 0.5) is 0 Å². The molecule has 1 amide bonds. The van der Waals surface area contributed by atoms with Crippen molar-refractivity contribution >= 4 is 15.9 Å². The van der Waals surface area contributed by atoms with Crippen LogP contribution < -0.4 is 5.32 Å². The van der Waals surface area contributed by atoms with Crippen molar-refractivity contribution in [1.82, 2.24) is 14.5 Å². The minimum absolute atomic E-state index is 0.135. The van der Waals surface area contributed by atoms with Gasteiger partial charge in [-0.3, -0.25) is 4.79 Å². The van der Waals surface area contributed by atoms with E-state index < -0.39 is 10.0 Å². The summed E-state index contributed by atoms with van der Waals surface area (Å²) in [6, 6.07) is 0. The molecule has 0 aliphatic carbocycles. The fourth-order valence-corrected chi connectivity index (χ4v) is 2.58. The average molecular weight is 293 g/mol. The van der Waals surface area contributed by atoms with Gasteiger partial charge in [0.1, 0.15) is 0 Å². The number of carbonyl (C=O) groups excluding carboxylic acids is 1. The molecule has 0 fully saturated rings. The number of sulfonamides is 1. The van der Waals surface area contributed by atoms with Gasteiger partial charge in [0.25, 0.3) is 0 Å². The van der Waals surface area contributed by atoms with Gasteiger partial charge in [-0.25, -0.2) is 12.7 Å². The van der Waals surface area contributed by atoms with Crippen molar-refractivity contribution in [3.05, 3.63) is 0 Å². The first-order valence-corrected chi connectivity index (χ1v) is 8.49. The number of amides is 1. The van der Waals surface area contributed by atoms with E-state index in [1.54, 1.807) is 19.0 Å². The zero-order valence-electron chi connectivity index (χ0n) is 12.5. The zero-order valence-corrected chi connectivity index (χ0v) is 13.3. The lowest BCUT2D eigenvalue weighted by Gasteiger charge is -2.17. The molecule has 6 nitrogen and oxygen atoms in total. The van der Waals surface area contributed by atoms with Crippen LogP contribution in [-0.2, 0) is 14.8 Å². The van der Waals surface area contributed by atoms with E-state index in [2.05, 4.69) is 5.32 Å². The Bertz CT molecular complexity index is 355. The Balaban J connectivity index is 3.58. The zero-order chi connectivity index (χ0) is 14.9. The fraction of sp³-hybridized carbons (Fsp3) is 0.917. The van der Waals surface area contributed by atoms with E-state index in [0.717, 1.165) is 25.9 Å². The second-order valence-corrected chi connectivity index (χ2v) is 6.73. The molecule has 7 heteroatoms. The van der Waals surface area contributed by atoms with Crippen LogP contribution in [0.3, 0.4) is 0 Å². The summed E-state index contributed by atoms with van der Waals surface area (Å²) in [5.74, 6) is 0.135. The third-order valence-corrected chi connectivity index (χ3v) is 4.20. The summed E-state index contributed by atoms with van der Waals surface area (Å²) in [5, 5.41) is 3.22. The highest BCUT2D eigenvalue weighted by molar-refractivity contribution is 7.88. The Hall–Kier alpha value is -0.660. The number of nitrogens with one attached hydrogen (secondary N) is 1. The number of rotatable bonds is 10. The fourth-order valence-electron chi connectivity index (χ4n) is 1.65. The summed E-state index contributed by atoms with van der Waals surface area (Å²) in [6.07, 6.45) is 3.37. The van der Waals surface area contributed by atoms with Crippen LogP contribution >= 0.6 is 0 Å². The molecule has 0 atom stereocenters. The second kappa shape index (κ2) is 9.28. The van der Waals surface area contributed by atoms with E-state index in [4.69, 9.17) is 0 Å². The van der Waals surface area contributed by atoms with E-state index >= 15 is 0 Å². The topological polar surface area (TPSA) is 69.7 Å². The van der Waals surface area contributed by atoms with Crippen LogP contribution in [0.25, 0.3) is 0 Å². The average Bonchev–Trinajstić information content (AvgIpc) is 2.30. The predicted molar refractivity (Wildman–Crippen MR) is 77.5 cm³/mol. The summed E-state index contributed by atoms with van der Waals surface area (Å²) in [5.41, 5.74) is 0. The quantitative estimate of drug-likeness (QED) is 0.581. The lowest BCUT2D eigenvalue weighted by molar-refractivity contribution is -0.128. The highest BCUT2D eigenvalue weighted by Gasteiger charge is 2.12. The molecule has 0 bridgehead atoms. The minimum atomic E-state index is -3.08. The largest absolute Gasteiger partial charge is 0.349 e. The van der Waals surface area contributed by atoms with Gasteiger partial charge in [-0.05, 0) is 25.9 Å². The SMILES string of the molecule is CCN(CCCNCCCC(=O)N(C)C)S(C)(=O)=O. The Morgan fingerprint density at radius 3 is 2.21 bits per heavy atom. The molecule has 0 spiro atoms. The smallest absolute Gasteiger partial charge is 0.222 e. The summed E-state index contributed by atoms with van der Waals surface area (Å²) < 4.78 is 24.1. The maximum Gasteiger partial charge on any atom is 0.222 e. The molecule has 0 saturated heterocycles. The van der Waals surface area contributed by atoms with Crippen molar-refractivity contribution in [1.29, 1.82) is 0 Å².